The van der Waals surface area contributed by atoms with Gasteiger partial charge in [0.2, 0.25) is 0 Å². The van der Waals surface area contributed by atoms with E-state index in [0.29, 0.717) is 11.8 Å². The molecule has 44 heavy (non-hydrogen) atoms. The first-order valence-electron chi connectivity index (χ1n) is 18.2. The second-order valence-electron chi connectivity index (χ2n) is 13.5. The largest absolute Gasteiger partial charge is 0.460 e. The summed E-state index contributed by atoms with van der Waals surface area (Å²) in [4.78, 5) is 24.5. The minimum absolute atomic E-state index is 0.173. The van der Waals surface area contributed by atoms with Crippen LogP contribution in [0.15, 0.2) is 24.3 Å². The molecule has 250 valence electrons. The van der Waals surface area contributed by atoms with Crippen LogP contribution in [0.3, 0.4) is 0 Å². The van der Waals surface area contributed by atoms with Gasteiger partial charge in [0, 0.05) is 0 Å². The van der Waals surface area contributed by atoms with Crippen molar-refractivity contribution in [2.45, 2.75) is 191 Å². The highest BCUT2D eigenvalue weighted by Gasteiger charge is 2.30. The molecule has 0 amide bonds. The summed E-state index contributed by atoms with van der Waals surface area (Å²) in [7, 11) is 0. The summed E-state index contributed by atoms with van der Waals surface area (Å²) >= 11 is 0. The molecule has 0 spiro atoms. The SMILES string of the molecule is CCCCCCCCC(F)C(=O)OC1CCC(c2ccc(C3CCC(OC(=O)C(F)CCCCCCCC)CC3)cc2)CC1. The molecule has 0 radical (unpaired) electrons. The number of esters is 2. The zero-order chi connectivity index (χ0) is 31.6. The first-order valence-corrected chi connectivity index (χ1v) is 18.2. The molecule has 3 rings (SSSR count). The summed E-state index contributed by atoms with van der Waals surface area (Å²) in [5, 5.41) is 0. The van der Waals surface area contributed by atoms with Gasteiger partial charge in [0.1, 0.15) is 12.2 Å². The second-order valence-corrected chi connectivity index (χ2v) is 13.5. The molecule has 2 aliphatic carbocycles. The fraction of sp³-hybridized carbons (Fsp3) is 0.789. The summed E-state index contributed by atoms with van der Waals surface area (Å²) < 4.78 is 39.8. The maximum absolute atomic E-state index is 14.3. The molecular formula is C38H60F2O4. The highest BCUT2D eigenvalue weighted by molar-refractivity contribution is 5.75. The van der Waals surface area contributed by atoms with Crippen molar-refractivity contribution in [1.29, 1.82) is 0 Å². The van der Waals surface area contributed by atoms with Crippen LogP contribution in [0, 0.1) is 0 Å². The molecule has 2 fully saturated rings. The lowest BCUT2D eigenvalue weighted by molar-refractivity contribution is -0.157. The van der Waals surface area contributed by atoms with Gasteiger partial charge in [-0.3, -0.25) is 0 Å². The fourth-order valence-electron chi connectivity index (χ4n) is 6.99. The number of hydrogen-bond donors (Lipinski definition) is 0. The van der Waals surface area contributed by atoms with Crippen molar-refractivity contribution >= 4 is 11.9 Å². The van der Waals surface area contributed by atoms with Gasteiger partial charge in [-0.2, -0.15) is 0 Å². The van der Waals surface area contributed by atoms with E-state index < -0.39 is 24.3 Å². The number of unbranched alkanes of at least 4 members (excludes halogenated alkanes) is 10. The molecule has 4 nitrogen and oxygen atoms in total. The Balaban J connectivity index is 1.30. The minimum Gasteiger partial charge on any atom is -0.460 e. The van der Waals surface area contributed by atoms with Crippen molar-refractivity contribution in [2.24, 2.45) is 0 Å². The second kappa shape index (κ2) is 20.9. The number of ether oxygens (including phenoxy) is 2. The van der Waals surface area contributed by atoms with Crippen LogP contribution in [0.5, 0.6) is 0 Å². The van der Waals surface area contributed by atoms with E-state index in [-0.39, 0.29) is 25.0 Å². The predicted octanol–water partition coefficient (Wildman–Crippen LogP) is 11.0. The summed E-state index contributed by atoms with van der Waals surface area (Å²) in [6.45, 7) is 4.35. The molecule has 2 saturated carbocycles. The van der Waals surface area contributed by atoms with Crippen LogP contribution in [0.25, 0.3) is 0 Å². The van der Waals surface area contributed by atoms with Crippen LogP contribution in [0.1, 0.15) is 178 Å². The van der Waals surface area contributed by atoms with E-state index in [1.54, 1.807) is 0 Å². The van der Waals surface area contributed by atoms with E-state index in [0.717, 1.165) is 89.9 Å². The van der Waals surface area contributed by atoms with E-state index in [9.17, 15) is 18.4 Å². The Morgan fingerprint density at radius 3 is 1.23 bits per heavy atom. The molecular weight excluding hydrogens is 558 g/mol. The van der Waals surface area contributed by atoms with Gasteiger partial charge < -0.3 is 9.47 Å². The van der Waals surface area contributed by atoms with Crippen LogP contribution >= 0.6 is 0 Å². The third-order valence-electron chi connectivity index (χ3n) is 9.93. The van der Waals surface area contributed by atoms with E-state index in [4.69, 9.17) is 9.47 Å². The summed E-state index contributed by atoms with van der Waals surface area (Å²) in [6.07, 6.45) is 17.0. The summed E-state index contributed by atoms with van der Waals surface area (Å²) in [6, 6.07) is 8.91. The number of alkyl halides is 2. The zero-order valence-corrected chi connectivity index (χ0v) is 27.7. The standard InChI is InChI=1S/C38H60F2O4/c1-3-5-7-9-11-13-15-35(39)37(41)43-33-25-21-31(22-26-33)29-17-19-30(20-18-29)32-23-27-34(28-24-32)44-38(42)36(40)16-14-12-10-8-6-4-2/h17-20,31-36H,3-16,21-28H2,1-2H3. The summed E-state index contributed by atoms with van der Waals surface area (Å²) in [5.41, 5.74) is 2.62. The number of rotatable bonds is 20. The van der Waals surface area contributed by atoms with E-state index in [2.05, 4.69) is 38.1 Å². The maximum Gasteiger partial charge on any atom is 0.340 e. The maximum atomic E-state index is 14.3. The molecule has 2 atom stereocenters. The van der Waals surface area contributed by atoms with E-state index in [1.165, 1.54) is 49.7 Å². The Morgan fingerprint density at radius 2 is 0.886 bits per heavy atom. The number of halogens is 2. The van der Waals surface area contributed by atoms with Crippen molar-refractivity contribution in [3.8, 4) is 0 Å². The molecule has 1 aromatic carbocycles. The molecule has 0 bridgehead atoms. The monoisotopic (exact) mass is 618 g/mol. The molecule has 2 unspecified atom stereocenters. The molecule has 1 aromatic rings. The van der Waals surface area contributed by atoms with Crippen LogP contribution in [-0.4, -0.2) is 36.5 Å². The van der Waals surface area contributed by atoms with Gasteiger partial charge in [-0.1, -0.05) is 102 Å². The number of hydrogen-bond acceptors (Lipinski definition) is 4. The summed E-state index contributed by atoms with van der Waals surface area (Å²) in [5.74, 6) is -0.478. The highest BCUT2D eigenvalue weighted by Crippen LogP contribution is 2.38. The lowest BCUT2D eigenvalue weighted by atomic mass is 9.80. The van der Waals surface area contributed by atoms with Gasteiger partial charge in [-0.15, -0.1) is 0 Å². The molecule has 0 N–H and O–H groups in total. The number of carbonyl (C=O) groups is 2. The van der Waals surface area contributed by atoms with Crippen molar-refractivity contribution in [3.05, 3.63) is 35.4 Å². The van der Waals surface area contributed by atoms with Gasteiger partial charge in [-0.05, 0) is 100 Å². The topological polar surface area (TPSA) is 52.6 Å². The van der Waals surface area contributed by atoms with Gasteiger partial charge in [-0.25, -0.2) is 18.4 Å². The fourth-order valence-corrected chi connectivity index (χ4v) is 6.99. The molecule has 6 heteroatoms. The first kappa shape index (κ1) is 36.5. The average Bonchev–Trinajstić information content (AvgIpc) is 3.05. The Hall–Kier alpha value is -1.98. The Morgan fingerprint density at radius 1 is 0.568 bits per heavy atom. The van der Waals surface area contributed by atoms with Gasteiger partial charge in [0.05, 0.1) is 0 Å². The van der Waals surface area contributed by atoms with Gasteiger partial charge in [0.15, 0.2) is 12.3 Å². The normalized spacial score (nSPS) is 23.5. The minimum atomic E-state index is -1.50. The molecule has 0 aromatic heterocycles. The van der Waals surface area contributed by atoms with Crippen LogP contribution in [-0.2, 0) is 19.1 Å². The van der Waals surface area contributed by atoms with Gasteiger partial charge >= 0.3 is 11.9 Å². The van der Waals surface area contributed by atoms with E-state index in [1.807, 2.05) is 0 Å². The molecule has 0 aliphatic heterocycles. The number of carbonyl (C=O) groups excluding carboxylic acids is 2. The smallest absolute Gasteiger partial charge is 0.340 e. The van der Waals surface area contributed by atoms with E-state index >= 15 is 0 Å². The average molecular weight is 619 g/mol. The van der Waals surface area contributed by atoms with Crippen molar-refractivity contribution in [2.75, 3.05) is 0 Å². The first-order chi connectivity index (χ1) is 21.4. The Kier molecular flexibility index (Phi) is 17.4. The number of benzene rings is 1. The van der Waals surface area contributed by atoms with Crippen LogP contribution in [0.4, 0.5) is 8.78 Å². The van der Waals surface area contributed by atoms with Crippen LogP contribution in [0.2, 0.25) is 0 Å². The quantitative estimate of drug-likeness (QED) is 0.108. The highest BCUT2D eigenvalue weighted by atomic mass is 19.1. The van der Waals surface area contributed by atoms with Gasteiger partial charge in [0.25, 0.3) is 0 Å². The molecule has 0 saturated heterocycles. The third-order valence-corrected chi connectivity index (χ3v) is 9.93. The van der Waals surface area contributed by atoms with Crippen molar-refractivity contribution in [1.82, 2.24) is 0 Å². The Bertz CT molecular complexity index is 844. The predicted molar refractivity (Wildman–Crippen MR) is 174 cm³/mol. The lowest BCUT2D eigenvalue weighted by Gasteiger charge is -2.30. The third kappa shape index (κ3) is 13.2. The molecule has 2 aliphatic rings. The zero-order valence-electron chi connectivity index (χ0n) is 27.7. The van der Waals surface area contributed by atoms with Crippen molar-refractivity contribution in [3.63, 3.8) is 0 Å². The lowest BCUT2D eigenvalue weighted by Crippen LogP contribution is -2.28. The Labute approximate surface area is 266 Å². The van der Waals surface area contributed by atoms with Crippen molar-refractivity contribution < 1.29 is 27.8 Å². The van der Waals surface area contributed by atoms with Crippen LogP contribution < -0.4 is 0 Å². The molecule has 0 heterocycles.